The molecule has 0 saturated heterocycles. The minimum absolute atomic E-state index is 0.0891. The van der Waals surface area contributed by atoms with E-state index in [0.717, 1.165) is 13.2 Å². The first kappa shape index (κ1) is 17.7. The first-order chi connectivity index (χ1) is 10.9. The average Bonchev–Trinajstić information content (AvgIpc) is 2.57. The van der Waals surface area contributed by atoms with Crippen molar-refractivity contribution in [3.05, 3.63) is 27.8 Å². The highest BCUT2D eigenvalue weighted by atomic mass is 16.6. The van der Waals surface area contributed by atoms with Crippen molar-refractivity contribution in [3.63, 3.8) is 0 Å². The third-order valence-corrected chi connectivity index (χ3v) is 3.13. The Morgan fingerprint density at radius 3 is 2.13 bits per heavy atom. The van der Waals surface area contributed by atoms with Crippen LogP contribution in [0.3, 0.4) is 0 Å². The molecule has 1 rings (SSSR count). The zero-order valence-electron chi connectivity index (χ0n) is 12.6. The molecule has 0 fully saturated rings. The predicted octanol–water partition coefficient (Wildman–Crippen LogP) is 1.53. The third kappa shape index (κ3) is 3.47. The number of nitrogens with zero attached hydrogens (tertiary/aromatic N) is 3. The number of methoxy groups -OCH3 is 3. The van der Waals surface area contributed by atoms with Crippen LogP contribution in [0.25, 0.3) is 0 Å². The Morgan fingerprint density at radius 2 is 1.74 bits per heavy atom. The van der Waals surface area contributed by atoms with Crippen molar-refractivity contribution in [1.29, 1.82) is 10.5 Å². The molecule has 0 bridgehead atoms. The molecule has 0 radical (unpaired) electrons. The van der Waals surface area contributed by atoms with E-state index in [2.05, 4.69) is 4.74 Å². The molecule has 0 unspecified atom stereocenters. The van der Waals surface area contributed by atoms with Crippen LogP contribution in [-0.4, -0.2) is 32.2 Å². The smallest absolute Gasteiger partial charge is 0.324 e. The van der Waals surface area contributed by atoms with Crippen molar-refractivity contribution in [2.75, 3.05) is 21.3 Å². The van der Waals surface area contributed by atoms with Gasteiger partial charge in [-0.05, 0) is 6.07 Å². The van der Waals surface area contributed by atoms with Crippen LogP contribution in [0.2, 0.25) is 0 Å². The molecule has 0 heterocycles. The molecule has 0 aliphatic carbocycles. The molecule has 0 aromatic heterocycles. The van der Waals surface area contributed by atoms with E-state index in [0.29, 0.717) is 0 Å². The van der Waals surface area contributed by atoms with E-state index in [1.54, 1.807) is 12.1 Å². The number of nitriles is 2. The van der Waals surface area contributed by atoms with Crippen LogP contribution in [0.4, 0.5) is 5.69 Å². The minimum atomic E-state index is -1.51. The quantitative estimate of drug-likeness (QED) is 0.437. The highest BCUT2D eigenvalue weighted by Crippen LogP contribution is 2.40. The van der Waals surface area contributed by atoms with Gasteiger partial charge < -0.3 is 14.2 Å². The zero-order chi connectivity index (χ0) is 17.6. The second-order valence-electron chi connectivity index (χ2n) is 4.26. The summed E-state index contributed by atoms with van der Waals surface area (Å²) >= 11 is 0. The molecule has 9 nitrogen and oxygen atoms in total. The number of nitro benzene ring substituents is 1. The van der Waals surface area contributed by atoms with Crippen LogP contribution < -0.4 is 9.47 Å². The molecule has 9 heteroatoms. The van der Waals surface area contributed by atoms with Gasteiger partial charge in [-0.1, -0.05) is 0 Å². The van der Waals surface area contributed by atoms with Crippen LogP contribution in [0.5, 0.6) is 11.5 Å². The normalized spacial score (nSPS) is 12.2. The van der Waals surface area contributed by atoms with Gasteiger partial charge in [0, 0.05) is 0 Å². The van der Waals surface area contributed by atoms with Gasteiger partial charge in [-0.15, -0.1) is 0 Å². The first-order valence-corrected chi connectivity index (χ1v) is 6.22. The summed E-state index contributed by atoms with van der Waals surface area (Å²) in [6, 6.07) is 5.67. The molecule has 0 amide bonds. The number of carbonyl (C=O) groups is 1. The monoisotopic (exact) mass is 319 g/mol. The molecular weight excluding hydrogens is 306 g/mol. The first-order valence-electron chi connectivity index (χ1n) is 6.22. The zero-order valence-corrected chi connectivity index (χ0v) is 12.6. The lowest BCUT2D eigenvalue weighted by molar-refractivity contribution is -0.385. The van der Waals surface area contributed by atoms with Gasteiger partial charge >= 0.3 is 5.97 Å². The standard InChI is InChI=1S/C14H13N3O6/c1-21-12-4-8(11(17(19)20)5-13(12)22-2)9(6-15)10(7-16)14(18)23-3/h4-5,9-10H,1-3H3/t9-,10-/m1/s1. The maximum Gasteiger partial charge on any atom is 0.324 e. The number of esters is 1. The maximum absolute atomic E-state index is 11.7. The highest BCUT2D eigenvalue weighted by Gasteiger charge is 2.36. The number of hydrogen-bond donors (Lipinski definition) is 0. The fraction of sp³-hybridized carbons (Fsp3) is 0.357. The highest BCUT2D eigenvalue weighted by molar-refractivity contribution is 5.78. The second kappa shape index (κ2) is 7.61. The van der Waals surface area contributed by atoms with Crippen LogP contribution in [-0.2, 0) is 9.53 Å². The maximum atomic E-state index is 11.7. The molecule has 120 valence electrons. The number of ether oxygens (including phenoxy) is 3. The van der Waals surface area contributed by atoms with Gasteiger partial charge in [0.25, 0.3) is 5.69 Å². The van der Waals surface area contributed by atoms with Crippen molar-refractivity contribution in [3.8, 4) is 23.6 Å². The molecule has 2 atom stereocenters. The SMILES string of the molecule is COC(=O)[C@H](C#N)[C@H](C#N)c1cc(OC)c(OC)cc1[N+](=O)[O-]. The van der Waals surface area contributed by atoms with E-state index in [9.17, 15) is 20.2 Å². The van der Waals surface area contributed by atoms with Crippen molar-refractivity contribution >= 4 is 11.7 Å². The number of rotatable bonds is 6. The number of hydrogen-bond acceptors (Lipinski definition) is 8. The fourth-order valence-corrected chi connectivity index (χ4v) is 2.01. The van der Waals surface area contributed by atoms with E-state index >= 15 is 0 Å². The van der Waals surface area contributed by atoms with E-state index in [1.807, 2.05) is 0 Å². The summed E-state index contributed by atoms with van der Waals surface area (Å²) in [5.74, 6) is -3.64. The summed E-state index contributed by atoms with van der Waals surface area (Å²) in [6.45, 7) is 0. The van der Waals surface area contributed by atoms with Crippen LogP contribution in [0.15, 0.2) is 12.1 Å². The lowest BCUT2D eigenvalue weighted by Gasteiger charge is -2.16. The van der Waals surface area contributed by atoms with Crippen molar-refractivity contribution < 1.29 is 23.9 Å². The van der Waals surface area contributed by atoms with Gasteiger partial charge in [0.15, 0.2) is 17.4 Å². The van der Waals surface area contributed by atoms with E-state index in [4.69, 9.17) is 14.7 Å². The largest absolute Gasteiger partial charge is 0.493 e. The predicted molar refractivity (Wildman–Crippen MR) is 75.7 cm³/mol. The van der Waals surface area contributed by atoms with Gasteiger partial charge in [-0.2, -0.15) is 10.5 Å². The Kier molecular flexibility index (Phi) is 5.87. The molecule has 0 spiro atoms. The summed E-state index contributed by atoms with van der Waals surface area (Å²) < 4.78 is 14.5. The summed E-state index contributed by atoms with van der Waals surface area (Å²) in [5, 5.41) is 29.7. The fourth-order valence-electron chi connectivity index (χ4n) is 2.01. The Balaban J connectivity index is 3.60. The molecule has 23 heavy (non-hydrogen) atoms. The molecular formula is C14H13N3O6. The summed E-state index contributed by atoms with van der Waals surface area (Å²) in [5.41, 5.74) is -0.592. The average molecular weight is 319 g/mol. The molecule has 0 aliphatic rings. The van der Waals surface area contributed by atoms with Gasteiger partial charge in [0.05, 0.1) is 50.0 Å². The van der Waals surface area contributed by atoms with Gasteiger partial charge in [0.1, 0.15) is 5.92 Å². The van der Waals surface area contributed by atoms with Gasteiger partial charge in [-0.3, -0.25) is 14.9 Å². The third-order valence-electron chi connectivity index (χ3n) is 3.13. The van der Waals surface area contributed by atoms with Crippen LogP contribution in [0.1, 0.15) is 11.5 Å². The Labute approximate surface area is 131 Å². The number of nitro groups is 1. The van der Waals surface area contributed by atoms with Crippen LogP contribution >= 0.6 is 0 Å². The summed E-state index contributed by atoms with van der Waals surface area (Å²) in [7, 11) is 3.68. The van der Waals surface area contributed by atoms with Gasteiger partial charge in [-0.25, -0.2) is 0 Å². The molecule has 0 N–H and O–H groups in total. The minimum Gasteiger partial charge on any atom is -0.493 e. The van der Waals surface area contributed by atoms with Crippen molar-refractivity contribution in [1.82, 2.24) is 0 Å². The summed E-state index contributed by atoms with van der Waals surface area (Å²) in [4.78, 5) is 22.2. The molecule has 1 aromatic rings. The van der Waals surface area contributed by atoms with Crippen LogP contribution in [0, 0.1) is 38.7 Å². The van der Waals surface area contributed by atoms with E-state index in [-0.39, 0.29) is 17.1 Å². The van der Waals surface area contributed by atoms with E-state index < -0.39 is 28.4 Å². The topological polar surface area (TPSA) is 135 Å². The molecule has 1 aromatic carbocycles. The number of benzene rings is 1. The van der Waals surface area contributed by atoms with E-state index in [1.165, 1.54) is 20.3 Å². The molecule has 0 aliphatic heterocycles. The van der Waals surface area contributed by atoms with Gasteiger partial charge in [0.2, 0.25) is 0 Å². The van der Waals surface area contributed by atoms with Crippen molar-refractivity contribution in [2.24, 2.45) is 5.92 Å². The Hall–Kier alpha value is -3.33. The lowest BCUT2D eigenvalue weighted by Crippen LogP contribution is -2.22. The van der Waals surface area contributed by atoms with Crippen molar-refractivity contribution in [2.45, 2.75) is 5.92 Å². The molecule has 0 saturated carbocycles. The number of carbonyl (C=O) groups excluding carboxylic acids is 1. The Morgan fingerprint density at radius 1 is 1.17 bits per heavy atom. The lowest BCUT2D eigenvalue weighted by atomic mass is 9.86. The Bertz CT molecular complexity index is 704. The second-order valence-corrected chi connectivity index (χ2v) is 4.26. The summed E-state index contributed by atoms with van der Waals surface area (Å²) in [6.07, 6.45) is 0.